The molecule has 0 atom stereocenters. The first-order valence-corrected chi connectivity index (χ1v) is 5.53. The Morgan fingerprint density at radius 3 is 2.59 bits per heavy atom. The summed E-state index contributed by atoms with van der Waals surface area (Å²) in [6, 6.07) is 11.5. The molecule has 0 radical (unpaired) electrons. The maximum absolute atomic E-state index is 11.0. The maximum Gasteiger partial charge on any atom is 0.339 e. The SMILES string of the molecule is Cc1cc(C(=O)O)c(CCc2ccccc2)o1. The molecule has 0 saturated carbocycles. The van der Waals surface area contributed by atoms with Crippen LogP contribution in [0.3, 0.4) is 0 Å². The van der Waals surface area contributed by atoms with Crippen LogP contribution in [-0.2, 0) is 12.8 Å². The lowest BCUT2D eigenvalue weighted by atomic mass is 10.1. The zero-order valence-electron chi connectivity index (χ0n) is 9.64. The van der Waals surface area contributed by atoms with Crippen LogP contribution in [0.1, 0.15) is 27.4 Å². The number of carboxylic acids is 1. The van der Waals surface area contributed by atoms with Crippen LogP contribution in [0.4, 0.5) is 0 Å². The average Bonchev–Trinajstić information content (AvgIpc) is 2.69. The molecule has 17 heavy (non-hydrogen) atoms. The van der Waals surface area contributed by atoms with E-state index in [9.17, 15) is 4.79 Å². The van der Waals surface area contributed by atoms with Crippen molar-refractivity contribution < 1.29 is 14.3 Å². The van der Waals surface area contributed by atoms with E-state index in [-0.39, 0.29) is 5.56 Å². The fourth-order valence-corrected chi connectivity index (χ4v) is 1.83. The maximum atomic E-state index is 11.0. The minimum atomic E-state index is -0.926. The van der Waals surface area contributed by atoms with Gasteiger partial charge in [0.15, 0.2) is 0 Å². The molecule has 0 aliphatic carbocycles. The molecule has 0 unspecified atom stereocenters. The van der Waals surface area contributed by atoms with Crippen LogP contribution in [0.2, 0.25) is 0 Å². The Morgan fingerprint density at radius 2 is 1.94 bits per heavy atom. The fourth-order valence-electron chi connectivity index (χ4n) is 1.83. The fraction of sp³-hybridized carbons (Fsp3) is 0.214. The number of hydrogen-bond acceptors (Lipinski definition) is 2. The van der Waals surface area contributed by atoms with E-state index >= 15 is 0 Å². The van der Waals surface area contributed by atoms with E-state index in [4.69, 9.17) is 9.52 Å². The van der Waals surface area contributed by atoms with Gasteiger partial charge in [0.25, 0.3) is 0 Å². The standard InChI is InChI=1S/C14H14O3/c1-10-9-12(14(15)16)13(17-10)8-7-11-5-3-2-4-6-11/h2-6,9H,7-8H2,1H3,(H,15,16). The Balaban J connectivity index is 2.11. The smallest absolute Gasteiger partial charge is 0.339 e. The van der Waals surface area contributed by atoms with Gasteiger partial charge in [-0.25, -0.2) is 4.79 Å². The van der Waals surface area contributed by atoms with E-state index in [0.29, 0.717) is 17.9 Å². The van der Waals surface area contributed by atoms with Gasteiger partial charge in [0.1, 0.15) is 17.1 Å². The Kier molecular flexibility index (Phi) is 3.28. The molecule has 2 rings (SSSR count). The van der Waals surface area contributed by atoms with Crippen LogP contribution in [0.5, 0.6) is 0 Å². The molecule has 2 aromatic rings. The van der Waals surface area contributed by atoms with Gasteiger partial charge in [-0.2, -0.15) is 0 Å². The molecular formula is C14H14O3. The Morgan fingerprint density at radius 1 is 1.24 bits per heavy atom. The van der Waals surface area contributed by atoms with Crippen molar-refractivity contribution in [2.75, 3.05) is 0 Å². The van der Waals surface area contributed by atoms with Gasteiger partial charge in [-0.15, -0.1) is 0 Å². The van der Waals surface area contributed by atoms with Crippen molar-refractivity contribution in [2.24, 2.45) is 0 Å². The lowest BCUT2D eigenvalue weighted by molar-refractivity contribution is 0.0694. The number of aryl methyl sites for hydroxylation is 3. The molecule has 0 amide bonds. The lowest BCUT2D eigenvalue weighted by Gasteiger charge is -2.00. The van der Waals surface area contributed by atoms with E-state index in [1.807, 2.05) is 30.3 Å². The molecule has 0 spiro atoms. The molecule has 1 aromatic heterocycles. The van der Waals surface area contributed by atoms with Gasteiger partial charge in [0.05, 0.1) is 0 Å². The number of benzene rings is 1. The van der Waals surface area contributed by atoms with Crippen LogP contribution in [0, 0.1) is 6.92 Å². The highest BCUT2D eigenvalue weighted by Crippen LogP contribution is 2.17. The van der Waals surface area contributed by atoms with Crippen molar-refractivity contribution in [1.29, 1.82) is 0 Å². The molecule has 0 aliphatic heterocycles. The van der Waals surface area contributed by atoms with E-state index < -0.39 is 5.97 Å². The summed E-state index contributed by atoms with van der Waals surface area (Å²) < 4.78 is 5.42. The predicted octanol–water partition coefficient (Wildman–Crippen LogP) is 3.07. The van der Waals surface area contributed by atoms with Crippen molar-refractivity contribution in [3.05, 3.63) is 59.0 Å². The summed E-state index contributed by atoms with van der Waals surface area (Å²) in [5.41, 5.74) is 1.45. The first-order valence-electron chi connectivity index (χ1n) is 5.53. The third-order valence-corrected chi connectivity index (χ3v) is 2.65. The number of furan rings is 1. The predicted molar refractivity (Wildman–Crippen MR) is 64.3 cm³/mol. The second-order valence-electron chi connectivity index (χ2n) is 3.98. The zero-order chi connectivity index (χ0) is 12.3. The van der Waals surface area contributed by atoms with Gasteiger partial charge >= 0.3 is 5.97 Å². The lowest BCUT2D eigenvalue weighted by Crippen LogP contribution is -2.00. The average molecular weight is 230 g/mol. The number of hydrogen-bond donors (Lipinski definition) is 1. The summed E-state index contributed by atoms with van der Waals surface area (Å²) in [6.45, 7) is 1.76. The van der Waals surface area contributed by atoms with E-state index in [1.165, 1.54) is 5.56 Å². The van der Waals surface area contributed by atoms with Gasteiger partial charge in [0.2, 0.25) is 0 Å². The van der Waals surface area contributed by atoms with Crippen LogP contribution < -0.4 is 0 Å². The molecule has 1 N–H and O–H groups in total. The highest BCUT2D eigenvalue weighted by molar-refractivity contribution is 5.88. The Bertz CT molecular complexity index is 512. The first-order chi connectivity index (χ1) is 8.16. The number of carbonyl (C=O) groups is 1. The third kappa shape index (κ3) is 2.75. The highest BCUT2D eigenvalue weighted by Gasteiger charge is 2.15. The molecule has 1 heterocycles. The summed E-state index contributed by atoms with van der Waals surface area (Å²) in [5, 5.41) is 9.02. The summed E-state index contributed by atoms with van der Waals surface area (Å²) in [5.74, 6) is 0.272. The van der Waals surface area contributed by atoms with Crippen molar-refractivity contribution in [3.63, 3.8) is 0 Å². The van der Waals surface area contributed by atoms with Gasteiger partial charge in [-0.1, -0.05) is 30.3 Å². The molecule has 0 fully saturated rings. The molecule has 88 valence electrons. The molecule has 0 saturated heterocycles. The van der Waals surface area contributed by atoms with Gasteiger partial charge in [-0.05, 0) is 25.0 Å². The van der Waals surface area contributed by atoms with Gasteiger partial charge in [-0.3, -0.25) is 0 Å². The molecule has 3 heteroatoms. The molecule has 1 aromatic carbocycles. The summed E-state index contributed by atoms with van der Waals surface area (Å²) in [7, 11) is 0. The molecule has 3 nitrogen and oxygen atoms in total. The van der Waals surface area contributed by atoms with Crippen LogP contribution in [0.25, 0.3) is 0 Å². The zero-order valence-corrected chi connectivity index (χ0v) is 9.64. The highest BCUT2D eigenvalue weighted by atomic mass is 16.4. The third-order valence-electron chi connectivity index (χ3n) is 2.65. The van der Waals surface area contributed by atoms with Crippen molar-refractivity contribution >= 4 is 5.97 Å². The topological polar surface area (TPSA) is 50.4 Å². The number of rotatable bonds is 4. The summed E-state index contributed by atoms with van der Waals surface area (Å²) in [6.07, 6.45) is 1.40. The second kappa shape index (κ2) is 4.87. The monoisotopic (exact) mass is 230 g/mol. The van der Waals surface area contributed by atoms with Crippen molar-refractivity contribution in [2.45, 2.75) is 19.8 Å². The van der Waals surface area contributed by atoms with Crippen molar-refractivity contribution in [1.82, 2.24) is 0 Å². The summed E-state index contributed by atoms with van der Waals surface area (Å²) >= 11 is 0. The van der Waals surface area contributed by atoms with E-state index in [2.05, 4.69) is 0 Å². The van der Waals surface area contributed by atoms with Gasteiger partial charge < -0.3 is 9.52 Å². The minimum Gasteiger partial charge on any atom is -0.478 e. The molecular weight excluding hydrogens is 216 g/mol. The summed E-state index contributed by atoms with van der Waals surface area (Å²) in [4.78, 5) is 11.0. The van der Waals surface area contributed by atoms with Crippen LogP contribution >= 0.6 is 0 Å². The van der Waals surface area contributed by atoms with E-state index in [0.717, 1.165) is 6.42 Å². The minimum absolute atomic E-state index is 0.276. The van der Waals surface area contributed by atoms with Crippen LogP contribution in [-0.4, -0.2) is 11.1 Å². The molecule has 0 aliphatic rings. The van der Waals surface area contributed by atoms with Crippen LogP contribution in [0.15, 0.2) is 40.8 Å². The van der Waals surface area contributed by atoms with Crippen molar-refractivity contribution in [3.8, 4) is 0 Å². The second-order valence-corrected chi connectivity index (χ2v) is 3.98. The quantitative estimate of drug-likeness (QED) is 0.878. The normalized spacial score (nSPS) is 10.4. The largest absolute Gasteiger partial charge is 0.478 e. The van der Waals surface area contributed by atoms with Gasteiger partial charge in [0, 0.05) is 6.42 Å². The Hall–Kier alpha value is -2.03. The van der Waals surface area contributed by atoms with E-state index in [1.54, 1.807) is 13.0 Å². The number of carboxylic acid groups (broad SMARTS) is 1. The number of aromatic carboxylic acids is 1. The first kappa shape index (κ1) is 11.5. The Labute approximate surface area is 99.7 Å². The molecule has 0 bridgehead atoms.